The highest BCUT2D eigenvalue weighted by Crippen LogP contribution is 2.16. The van der Waals surface area contributed by atoms with Gasteiger partial charge in [-0.3, -0.25) is 9.59 Å². The van der Waals surface area contributed by atoms with Crippen molar-refractivity contribution in [2.45, 2.75) is 57.1 Å². The van der Waals surface area contributed by atoms with Crippen LogP contribution >= 0.6 is 0 Å². The second-order valence-electron chi connectivity index (χ2n) is 8.13. The summed E-state index contributed by atoms with van der Waals surface area (Å²) in [6.07, 6.45) is 1.63. The average molecular weight is 426 g/mol. The van der Waals surface area contributed by atoms with Crippen molar-refractivity contribution in [2.24, 2.45) is 0 Å². The lowest BCUT2D eigenvalue weighted by Crippen LogP contribution is -2.47. The maximum absolute atomic E-state index is 12.8. The summed E-state index contributed by atoms with van der Waals surface area (Å²) >= 11 is 0. The summed E-state index contributed by atoms with van der Waals surface area (Å²) in [6.45, 7) is 8.43. The predicted octanol–water partition coefficient (Wildman–Crippen LogP) is 1.52. The maximum Gasteiger partial charge on any atom is 0.254 e. The highest BCUT2D eigenvalue weighted by Gasteiger charge is 2.23. The first-order valence-corrected chi connectivity index (χ1v) is 11.3. The lowest BCUT2D eigenvalue weighted by Gasteiger charge is -2.25. The third-order valence-electron chi connectivity index (χ3n) is 4.43. The van der Waals surface area contributed by atoms with Gasteiger partial charge in [-0.05, 0) is 58.7 Å². The highest BCUT2D eigenvalue weighted by atomic mass is 32.2. The van der Waals surface area contributed by atoms with Crippen molar-refractivity contribution in [1.82, 2.24) is 14.9 Å². The van der Waals surface area contributed by atoms with E-state index in [9.17, 15) is 18.0 Å². The third-order valence-corrected chi connectivity index (χ3v) is 5.86. The zero-order valence-corrected chi connectivity index (χ0v) is 18.3. The fourth-order valence-corrected chi connectivity index (χ4v) is 4.14. The van der Waals surface area contributed by atoms with Crippen LogP contribution in [-0.4, -0.2) is 63.0 Å². The highest BCUT2D eigenvalue weighted by molar-refractivity contribution is 7.89. The fraction of sp³-hybridized carbons (Fsp3) is 0.600. The molecule has 9 heteroatoms. The number of benzene rings is 1. The smallest absolute Gasteiger partial charge is 0.254 e. The first-order chi connectivity index (χ1) is 13.5. The number of amides is 2. The minimum absolute atomic E-state index is 0.0107. The fourth-order valence-electron chi connectivity index (χ4n) is 3.03. The van der Waals surface area contributed by atoms with E-state index in [1.807, 2.05) is 20.8 Å². The molecule has 1 aliphatic heterocycles. The molecule has 2 rings (SSSR count). The number of hydrogen-bond acceptors (Lipinski definition) is 5. The molecule has 0 spiro atoms. The molecule has 1 fully saturated rings. The van der Waals surface area contributed by atoms with Crippen LogP contribution in [0.3, 0.4) is 0 Å². The zero-order valence-electron chi connectivity index (χ0n) is 17.5. The summed E-state index contributed by atoms with van der Waals surface area (Å²) in [5.74, 6) is -0.664. The minimum atomic E-state index is -3.76. The molecule has 162 valence electrons. The molecule has 0 aliphatic carbocycles. The van der Waals surface area contributed by atoms with Crippen LogP contribution in [0, 0.1) is 0 Å². The Balaban J connectivity index is 2.09. The van der Waals surface area contributed by atoms with Gasteiger partial charge in [-0.25, -0.2) is 13.1 Å². The third kappa shape index (κ3) is 7.09. The number of carbonyl (C=O) groups is 2. The van der Waals surface area contributed by atoms with Crippen LogP contribution < -0.4 is 10.0 Å². The summed E-state index contributed by atoms with van der Waals surface area (Å²) in [5, 5.41) is 2.82. The Labute approximate surface area is 173 Å². The molecule has 1 heterocycles. The van der Waals surface area contributed by atoms with Crippen molar-refractivity contribution in [1.29, 1.82) is 0 Å². The van der Waals surface area contributed by atoms with Crippen molar-refractivity contribution < 1.29 is 22.7 Å². The van der Waals surface area contributed by atoms with Crippen LogP contribution in [0.2, 0.25) is 0 Å². The Kier molecular flexibility index (Phi) is 7.79. The Morgan fingerprint density at radius 3 is 2.59 bits per heavy atom. The van der Waals surface area contributed by atoms with Crippen LogP contribution in [0.15, 0.2) is 29.2 Å². The molecule has 0 saturated carbocycles. The van der Waals surface area contributed by atoms with Crippen LogP contribution in [0.5, 0.6) is 0 Å². The molecule has 8 nitrogen and oxygen atoms in total. The summed E-state index contributed by atoms with van der Waals surface area (Å²) < 4.78 is 33.1. The second-order valence-corrected chi connectivity index (χ2v) is 9.90. The lowest BCUT2D eigenvalue weighted by molar-refractivity contribution is -0.123. The van der Waals surface area contributed by atoms with Crippen molar-refractivity contribution in [2.75, 3.05) is 26.2 Å². The van der Waals surface area contributed by atoms with Gasteiger partial charge in [0.05, 0.1) is 17.5 Å². The van der Waals surface area contributed by atoms with Crippen molar-refractivity contribution in [3.05, 3.63) is 29.8 Å². The lowest BCUT2D eigenvalue weighted by atomic mass is 10.1. The first kappa shape index (κ1) is 23.3. The Morgan fingerprint density at radius 2 is 2.00 bits per heavy atom. The van der Waals surface area contributed by atoms with Crippen LogP contribution in [0.4, 0.5) is 0 Å². The molecular formula is C20H31N3O5S. The Bertz CT molecular complexity index is 827. The molecule has 1 aromatic rings. The van der Waals surface area contributed by atoms with Gasteiger partial charge in [-0.1, -0.05) is 6.07 Å². The number of rotatable bonds is 8. The second kappa shape index (κ2) is 9.69. The number of hydrogen-bond donors (Lipinski definition) is 2. The molecule has 1 atom stereocenters. The normalized spacial score (nSPS) is 17.2. The van der Waals surface area contributed by atoms with Gasteiger partial charge in [0.1, 0.15) is 0 Å². The van der Waals surface area contributed by atoms with Crippen molar-refractivity contribution in [3.63, 3.8) is 0 Å². The molecule has 1 aliphatic rings. The number of sulfonamides is 1. The predicted molar refractivity (Wildman–Crippen MR) is 110 cm³/mol. The van der Waals surface area contributed by atoms with E-state index in [4.69, 9.17) is 4.74 Å². The standard InChI is InChI=1S/C20H31N3O5S/c1-5-23(14-18(24)22-20(2,3)4)19(25)15-8-6-10-17(12-15)29(26,27)21-13-16-9-7-11-28-16/h6,8,10,12,16,21H,5,7,9,11,13-14H2,1-4H3,(H,22,24). The van der Waals surface area contributed by atoms with Gasteiger partial charge < -0.3 is 15.0 Å². The van der Waals surface area contributed by atoms with Crippen LogP contribution in [-0.2, 0) is 19.6 Å². The van der Waals surface area contributed by atoms with Gasteiger partial charge in [0.2, 0.25) is 15.9 Å². The van der Waals surface area contributed by atoms with Gasteiger partial charge >= 0.3 is 0 Å². The molecular weight excluding hydrogens is 394 g/mol. The monoisotopic (exact) mass is 425 g/mol. The van der Waals surface area contributed by atoms with Crippen LogP contribution in [0.1, 0.15) is 50.9 Å². The largest absolute Gasteiger partial charge is 0.377 e. The summed E-state index contributed by atoms with van der Waals surface area (Å²) in [6, 6.07) is 5.85. The SMILES string of the molecule is CCN(CC(=O)NC(C)(C)C)C(=O)c1cccc(S(=O)(=O)NCC2CCCO2)c1. The minimum Gasteiger partial charge on any atom is -0.377 e. The van der Waals surface area contributed by atoms with Gasteiger partial charge in [-0.15, -0.1) is 0 Å². The van der Waals surface area contributed by atoms with Gasteiger partial charge in [-0.2, -0.15) is 0 Å². The van der Waals surface area contributed by atoms with E-state index < -0.39 is 21.5 Å². The molecule has 1 unspecified atom stereocenters. The Morgan fingerprint density at radius 1 is 1.28 bits per heavy atom. The quantitative estimate of drug-likeness (QED) is 0.657. The van der Waals surface area contributed by atoms with E-state index in [1.54, 1.807) is 13.0 Å². The number of carbonyl (C=O) groups excluding carboxylic acids is 2. The van der Waals surface area contributed by atoms with Crippen LogP contribution in [0.25, 0.3) is 0 Å². The number of likely N-dealkylation sites (N-methyl/N-ethyl adjacent to an activating group) is 1. The van der Waals surface area contributed by atoms with E-state index in [0.29, 0.717) is 13.2 Å². The van der Waals surface area contributed by atoms with E-state index >= 15 is 0 Å². The molecule has 1 aromatic carbocycles. The van der Waals surface area contributed by atoms with E-state index in [1.165, 1.54) is 23.1 Å². The molecule has 0 aromatic heterocycles. The summed E-state index contributed by atoms with van der Waals surface area (Å²) in [4.78, 5) is 26.4. The van der Waals surface area contributed by atoms with Gasteiger partial charge in [0.25, 0.3) is 5.91 Å². The molecule has 0 radical (unpaired) electrons. The van der Waals surface area contributed by atoms with E-state index in [-0.39, 0.29) is 35.6 Å². The number of nitrogens with one attached hydrogen (secondary N) is 2. The van der Waals surface area contributed by atoms with Crippen molar-refractivity contribution >= 4 is 21.8 Å². The molecule has 2 N–H and O–H groups in total. The molecule has 1 saturated heterocycles. The number of nitrogens with zero attached hydrogens (tertiary/aromatic N) is 1. The maximum atomic E-state index is 12.8. The first-order valence-electron chi connectivity index (χ1n) is 9.83. The molecule has 0 bridgehead atoms. The van der Waals surface area contributed by atoms with E-state index in [2.05, 4.69) is 10.0 Å². The Hall–Kier alpha value is -1.97. The van der Waals surface area contributed by atoms with Crippen molar-refractivity contribution in [3.8, 4) is 0 Å². The van der Waals surface area contributed by atoms with E-state index in [0.717, 1.165) is 12.8 Å². The molecule has 29 heavy (non-hydrogen) atoms. The molecule has 2 amide bonds. The average Bonchev–Trinajstić information content (AvgIpc) is 3.16. The topological polar surface area (TPSA) is 105 Å². The van der Waals surface area contributed by atoms with Gasteiger partial charge in [0.15, 0.2) is 0 Å². The summed E-state index contributed by atoms with van der Waals surface area (Å²) in [7, 11) is -3.76. The number of ether oxygens (including phenoxy) is 1. The zero-order chi connectivity index (χ0) is 21.7. The van der Waals surface area contributed by atoms with Gasteiger partial charge in [0, 0.05) is 30.8 Å². The summed E-state index contributed by atoms with van der Waals surface area (Å²) in [5.41, 5.74) is -0.183.